The second-order valence-corrected chi connectivity index (χ2v) is 7.44. The number of fused-ring (bicyclic) bond motifs is 3. The van der Waals surface area contributed by atoms with Gasteiger partial charge in [-0.1, -0.05) is 24.3 Å². The van der Waals surface area contributed by atoms with Gasteiger partial charge < -0.3 is 20.5 Å². The molecule has 2 fully saturated rings. The normalized spacial score (nSPS) is 28.5. The summed E-state index contributed by atoms with van der Waals surface area (Å²) in [6.07, 6.45) is 4.09. The van der Waals surface area contributed by atoms with Crippen LogP contribution < -0.4 is 10.6 Å². The third kappa shape index (κ3) is 3.57. The highest BCUT2D eigenvalue weighted by Gasteiger charge is 2.53. The predicted molar refractivity (Wildman–Crippen MR) is 90.9 cm³/mol. The van der Waals surface area contributed by atoms with E-state index in [1.165, 1.54) is 24.0 Å². The lowest BCUT2D eigenvalue weighted by molar-refractivity contribution is 0.0337. The van der Waals surface area contributed by atoms with Crippen molar-refractivity contribution in [3.8, 4) is 0 Å². The summed E-state index contributed by atoms with van der Waals surface area (Å²) in [4.78, 5) is 12.1. The van der Waals surface area contributed by atoms with E-state index in [0.29, 0.717) is 24.4 Å². The molecule has 4 atom stereocenters. The molecule has 3 aliphatic carbocycles. The molecule has 3 aliphatic rings. The minimum absolute atomic E-state index is 0.187. The monoisotopic (exact) mass is 330 g/mol. The number of aliphatic hydroxyl groups excluding tert-OH is 1. The highest BCUT2D eigenvalue weighted by atomic mass is 16.5. The summed E-state index contributed by atoms with van der Waals surface area (Å²) in [5.41, 5.74) is 2.82. The van der Waals surface area contributed by atoms with E-state index in [1.807, 2.05) is 0 Å². The van der Waals surface area contributed by atoms with Gasteiger partial charge in [0.25, 0.3) is 0 Å². The van der Waals surface area contributed by atoms with Crippen LogP contribution in [0.25, 0.3) is 0 Å². The van der Waals surface area contributed by atoms with Gasteiger partial charge in [0.2, 0.25) is 0 Å². The second-order valence-electron chi connectivity index (χ2n) is 7.44. The first-order valence-electron chi connectivity index (χ1n) is 9.10. The third-order valence-electron chi connectivity index (χ3n) is 5.49. The Morgan fingerprint density at radius 3 is 2.96 bits per heavy atom. The Morgan fingerprint density at radius 1 is 1.29 bits per heavy atom. The lowest BCUT2D eigenvalue weighted by atomic mass is 9.92. The maximum atomic E-state index is 12.1. The molecule has 130 valence electrons. The van der Waals surface area contributed by atoms with Gasteiger partial charge in [-0.25, -0.2) is 4.79 Å². The van der Waals surface area contributed by atoms with Gasteiger partial charge in [-0.15, -0.1) is 0 Å². The average Bonchev–Trinajstić information content (AvgIpc) is 3.50. The summed E-state index contributed by atoms with van der Waals surface area (Å²) >= 11 is 0. The molecule has 4 rings (SSSR count). The highest BCUT2D eigenvalue weighted by molar-refractivity contribution is 5.75. The van der Waals surface area contributed by atoms with Gasteiger partial charge in [-0.2, -0.15) is 0 Å². The van der Waals surface area contributed by atoms with Gasteiger partial charge in [0, 0.05) is 25.1 Å². The number of benzene rings is 1. The van der Waals surface area contributed by atoms with Gasteiger partial charge in [-0.05, 0) is 48.6 Å². The van der Waals surface area contributed by atoms with Crippen molar-refractivity contribution >= 4 is 6.03 Å². The van der Waals surface area contributed by atoms with Crippen LogP contribution in [0, 0.1) is 11.8 Å². The predicted octanol–water partition coefficient (Wildman–Crippen LogP) is 1.80. The van der Waals surface area contributed by atoms with Gasteiger partial charge in [0.15, 0.2) is 0 Å². The van der Waals surface area contributed by atoms with Crippen LogP contribution in [0.4, 0.5) is 4.79 Å². The molecule has 2 saturated carbocycles. The molecule has 1 aromatic rings. The van der Waals surface area contributed by atoms with E-state index in [4.69, 9.17) is 4.74 Å². The third-order valence-corrected chi connectivity index (χ3v) is 5.49. The maximum absolute atomic E-state index is 12.1. The van der Waals surface area contributed by atoms with Gasteiger partial charge >= 0.3 is 6.03 Å². The number of hydrogen-bond acceptors (Lipinski definition) is 3. The standard InChI is InChI=1S/C19H26N2O3/c22-14(11-24-10-12-5-6-12)9-20-19(23)21-18-16-8-7-13-3-1-2-4-15(13)17(16)18/h1-4,12,14,16-18,22H,5-11H2,(H2,20,21,23). The molecule has 0 bridgehead atoms. The number of aliphatic hydroxyl groups is 1. The van der Waals surface area contributed by atoms with Crippen molar-refractivity contribution in [2.45, 2.75) is 43.7 Å². The van der Waals surface area contributed by atoms with Gasteiger partial charge in [-0.3, -0.25) is 0 Å². The molecule has 5 nitrogen and oxygen atoms in total. The number of carbonyl (C=O) groups excluding carboxylic acids is 1. The molecular weight excluding hydrogens is 304 g/mol. The van der Waals surface area contributed by atoms with Crippen LogP contribution in [0.3, 0.4) is 0 Å². The zero-order valence-electron chi connectivity index (χ0n) is 13.9. The molecule has 0 heterocycles. The number of rotatable bonds is 7. The topological polar surface area (TPSA) is 70.6 Å². The Kier molecular flexibility index (Phi) is 4.46. The average molecular weight is 330 g/mol. The molecule has 0 aliphatic heterocycles. The Balaban J connectivity index is 1.19. The maximum Gasteiger partial charge on any atom is 0.315 e. The summed E-state index contributed by atoms with van der Waals surface area (Å²) in [5, 5.41) is 15.7. The fourth-order valence-corrected chi connectivity index (χ4v) is 3.89. The number of nitrogens with one attached hydrogen (secondary N) is 2. The lowest BCUT2D eigenvalue weighted by Crippen LogP contribution is -2.42. The minimum Gasteiger partial charge on any atom is -0.389 e. The molecular formula is C19H26N2O3. The van der Waals surface area contributed by atoms with E-state index >= 15 is 0 Å². The fourth-order valence-electron chi connectivity index (χ4n) is 3.89. The first-order valence-corrected chi connectivity index (χ1v) is 9.10. The van der Waals surface area contributed by atoms with Crippen molar-refractivity contribution in [1.82, 2.24) is 10.6 Å². The number of urea groups is 1. The van der Waals surface area contributed by atoms with Crippen molar-refractivity contribution < 1.29 is 14.6 Å². The summed E-state index contributed by atoms with van der Waals surface area (Å²) in [7, 11) is 0. The van der Waals surface area contributed by atoms with Gasteiger partial charge in [0.05, 0.1) is 12.7 Å². The van der Waals surface area contributed by atoms with Crippen LogP contribution in [-0.2, 0) is 11.2 Å². The molecule has 0 radical (unpaired) electrons. The van der Waals surface area contributed by atoms with Crippen molar-refractivity contribution in [3.63, 3.8) is 0 Å². The van der Waals surface area contributed by atoms with E-state index in [9.17, 15) is 9.90 Å². The van der Waals surface area contributed by atoms with Crippen LogP contribution in [0.5, 0.6) is 0 Å². The zero-order valence-corrected chi connectivity index (χ0v) is 13.9. The van der Waals surface area contributed by atoms with Crippen LogP contribution in [0.15, 0.2) is 24.3 Å². The van der Waals surface area contributed by atoms with Crippen molar-refractivity contribution in [3.05, 3.63) is 35.4 Å². The molecule has 0 saturated heterocycles. The molecule has 0 aromatic heterocycles. The van der Waals surface area contributed by atoms with E-state index in [1.54, 1.807) is 0 Å². The summed E-state index contributed by atoms with van der Waals surface area (Å²) in [6, 6.07) is 8.59. The lowest BCUT2D eigenvalue weighted by Gasteiger charge is -2.13. The van der Waals surface area contributed by atoms with Crippen molar-refractivity contribution in [2.24, 2.45) is 11.8 Å². The quantitative estimate of drug-likeness (QED) is 0.714. The van der Waals surface area contributed by atoms with Crippen LogP contribution in [-0.4, -0.2) is 43.0 Å². The largest absolute Gasteiger partial charge is 0.389 e. The second kappa shape index (κ2) is 6.73. The number of amides is 2. The Bertz CT molecular complexity index is 602. The molecule has 4 unspecified atom stereocenters. The van der Waals surface area contributed by atoms with E-state index < -0.39 is 6.10 Å². The number of ether oxygens (including phenoxy) is 1. The number of hydrogen-bond donors (Lipinski definition) is 3. The molecule has 24 heavy (non-hydrogen) atoms. The zero-order chi connectivity index (χ0) is 16.5. The number of carbonyl (C=O) groups is 1. The summed E-state index contributed by atoms with van der Waals surface area (Å²) in [6.45, 7) is 1.25. The van der Waals surface area contributed by atoms with Gasteiger partial charge in [0.1, 0.15) is 0 Å². The van der Waals surface area contributed by atoms with Crippen molar-refractivity contribution in [1.29, 1.82) is 0 Å². The van der Waals surface area contributed by atoms with E-state index in [0.717, 1.165) is 19.4 Å². The van der Waals surface area contributed by atoms with Crippen LogP contribution in [0.1, 0.15) is 36.3 Å². The van der Waals surface area contributed by atoms with Crippen LogP contribution >= 0.6 is 0 Å². The first kappa shape index (κ1) is 15.9. The first-order chi connectivity index (χ1) is 11.7. The summed E-state index contributed by atoms with van der Waals surface area (Å²) in [5.74, 6) is 1.72. The van der Waals surface area contributed by atoms with E-state index in [2.05, 4.69) is 34.9 Å². The molecule has 1 aromatic carbocycles. The minimum atomic E-state index is -0.642. The molecule has 3 N–H and O–H groups in total. The Morgan fingerprint density at radius 2 is 2.12 bits per heavy atom. The molecule has 5 heteroatoms. The number of aryl methyl sites for hydroxylation is 1. The smallest absolute Gasteiger partial charge is 0.315 e. The Hall–Kier alpha value is -1.59. The van der Waals surface area contributed by atoms with E-state index in [-0.39, 0.29) is 18.6 Å². The summed E-state index contributed by atoms with van der Waals surface area (Å²) < 4.78 is 5.44. The van der Waals surface area contributed by atoms with Crippen LogP contribution in [0.2, 0.25) is 0 Å². The molecule has 0 spiro atoms. The van der Waals surface area contributed by atoms with Crippen molar-refractivity contribution in [2.75, 3.05) is 19.8 Å². The fraction of sp³-hybridized carbons (Fsp3) is 0.632. The molecule has 2 amide bonds. The Labute approximate surface area is 142 Å². The SMILES string of the molecule is O=C(NCC(O)COCC1CC1)NC1C2CCc3ccccc3C21. The highest BCUT2D eigenvalue weighted by Crippen LogP contribution is 2.54.